The van der Waals surface area contributed by atoms with Gasteiger partial charge in [0.2, 0.25) is 0 Å². The number of hydrogen-bond acceptors (Lipinski definition) is 5. The predicted molar refractivity (Wildman–Crippen MR) is 67.3 cm³/mol. The Morgan fingerprint density at radius 1 is 1.22 bits per heavy atom. The van der Waals surface area contributed by atoms with Crippen molar-refractivity contribution in [1.29, 1.82) is 0 Å². The standard InChI is InChI=1S/C11H14BrNO5/c12-8-2-1-7(3-9(8)17)10(18)13-11(4-14,5-15)6-16/h1-3,14-17H,4-6H2,(H,13,18). The molecule has 0 heterocycles. The molecule has 1 aromatic rings. The largest absolute Gasteiger partial charge is 0.507 e. The highest BCUT2D eigenvalue weighted by Gasteiger charge is 2.30. The second kappa shape index (κ2) is 6.14. The molecule has 5 N–H and O–H groups in total. The van der Waals surface area contributed by atoms with Crippen molar-refractivity contribution in [3.05, 3.63) is 28.2 Å². The lowest BCUT2D eigenvalue weighted by atomic mass is 10.0. The minimum atomic E-state index is -1.49. The third kappa shape index (κ3) is 3.20. The maximum Gasteiger partial charge on any atom is 0.252 e. The summed E-state index contributed by atoms with van der Waals surface area (Å²) in [6.45, 7) is -1.81. The van der Waals surface area contributed by atoms with Crippen molar-refractivity contribution in [2.24, 2.45) is 0 Å². The van der Waals surface area contributed by atoms with Gasteiger partial charge >= 0.3 is 0 Å². The number of phenols is 1. The normalized spacial score (nSPS) is 11.3. The van der Waals surface area contributed by atoms with Crippen molar-refractivity contribution in [3.8, 4) is 5.75 Å². The molecule has 0 atom stereocenters. The fourth-order valence-electron chi connectivity index (χ4n) is 1.24. The molecule has 18 heavy (non-hydrogen) atoms. The van der Waals surface area contributed by atoms with Crippen LogP contribution >= 0.6 is 15.9 Å². The van der Waals surface area contributed by atoms with Crippen molar-refractivity contribution in [1.82, 2.24) is 5.32 Å². The first-order valence-corrected chi connectivity index (χ1v) is 5.91. The van der Waals surface area contributed by atoms with Crippen molar-refractivity contribution >= 4 is 21.8 Å². The Bertz CT molecular complexity index is 425. The van der Waals surface area contributed by atoms with E-state index in [2.05, 4.69) is 21.2 Å². The van der Waals surface area contributed by atoms with Gasteiger partial charge in [-0.05, 0) is 34.1 Å². The van der Waals surface area contributed by atoms with Gasteiger partial charge in [0.05, 0.1) is 24.3 Å². The van der Waals surface area contributed by atoms with E-state index in [4.69, 9.17) is 15.3 Å². The number of hydrogen-bond donors (Lipinski definition) is 5. The highest BCUT2D eigenvalue weighted by Crippen LogP contribution is 2.24. The summed E-state index contributed by atoms with van der Waals surface area (Å²) < 4.78 is 0.441. The number of aliphatic hydroxyl groups excluding tert-OH is 3. The van der Waals surface area contributed by atoms with Crippen LogP contribution in [0.2, 0.25) is 0 Å². The van der Waals surface area contributed by atoms with E-state index in [1.54, 1.807) is 0 Å². The average Bonchev–Trinajstić information content (AvgIpc) is 2.39. The fourth-order valence-corrected chi connectivity index (χ4v) is 1.48. The Morgan fingerprint density at radius 3 is 2.22 bits per heavy atom. The summed E-state index contributed by atoms with van der Waals surface area (Å²) in [4.78, 5) is 11.8. The van der Waals surface area contributed by atoms with Gasteiger partial charge < -0.3 is 25.7 Å². The zero-order valence-electron chi connectivity index (χ0n) is 9.43. The molecule has 1 rings (SSSR count). The number of aromatic hydroxyl groups is 1. The number of halogens is 1. The van der Waals surface area contributed by atoms with E-state index in [9.17, 15) is 9.90 Å². The van der Waals surface area contributed by atoms with E-state index in [0.29, 0.717) is 4.47 Å². The van der Waals surface area contributed by atoms with Crippen LogP contribution in [0.25, 0.3) is 0 Å². The molecular weight excluding hydrogens is 306 g/mol. The zero-order chi connectivity index (χ0) is 13.8. The first kappa shape index (κ1) is 14.9. The third-order valence-corrected chi connectivity index (χ3v) is 3.17. The smallest absolute Gasteiger partial charge is 0.252 e. The molecule has 1 aromatic carbocycles. The van der Waals surface area contributed by atoms with Crippen molar-refractivity contribution in [2.45, 2.75) is 5.54 Å². The Morgan fingerprint density at radius 2 is 1.78 bits per heavy atom. The summed E-state index contributed by atoms with van der Waals surface area (Å²) in [5.41, 5.74) is -1.34. The number of nitrogens with one attached hydrogen (secondary N) is 1. The zero-order valence-corrected chi connectivity index (χ0v) is 11.0. The maximum atomic E-state index is 11.8. The van der Waals surface area contributed by atoms with Crippen LogP contribution in [0.3, 0.4) is 0 Å². The minimum Gasteiger partial charge on any atom is -0.507 e. The second-order valence-corrected chi connectivity index (χ2v) is 4.73. The van der Waals surface area contributed by atoms with Crippen LogP contribution in [0, 0.1) is 0 Å². The van der Waals surface area contributed by atoms with E-state index in [0.717, 1.165) is 0 Å². The monoisotopic (exact) mass is 319 g/mol. The Hall–Kier alpha value is -1.15. The number of amides is 1. The molecule has 0 aliphatic heterocycles. The van der Waals surface area contributed by atoms with Gasteiger partial charge in [-0.1, -0.05) is 0 Å². The molecule has 0 aliphatic rings. The molecule has 0 bridgehead atoms. The van der Waals surface area contributed by atoms with Crippen LogP contribution in [-0.2, 0) is 0 Å². The molecule has 0 fully saturated rings. The molecule has 0 saturated heterocycles. The quantitative estimate of drug-likeness (QED) is 0.507. The van der Waals surface area contributed by atoms with Gasteiger partial charge in [-0.15, -0.1) is 0 Å². The van der Waals surface area contributed by atoms with Crippen LogP contribution in [0.1, 0.15) is 10.4 Å². The van der Waals surface area contributed by atoms with Crippen LogP contribution in [0.15, 0.2) is 22.7 Å². The van der Waals surface area contributed by atoms with E-state index >= 15 is 0 Å². The molecule has 100 valence electrons. The summed E-state index contributed by atoms with van der Waals surface area (Å²) in [6.07, 6.45) is 0. The summed E-state index contributed by atoms with van der Waals surface area (Å²) >= 11 is 3.08. The molecule has 0 radical (unpaired) electrons. The van der Waals surface area contributed by atoms with E-state index in [1.807, 2.05) is 0 Å². The topological polar surface area (TPSA) is 110 Å². The molecule has 1 amide bonds. The highest BCUT2D eigenvalue weighted by molar-refractivity contribution is 9.10. The Kier molecular flexibility index (Phi) is 5.09. The molecule has 6 nitrogen and oxygen atoms in total. The van der Waals surface area contributed by atoms with E-state index in [1.165, 1.54) is 18.2 Å². The first-order chi connectivity index (χ1) is 8.48. The van der Waals surface area contributed by atoms with Gasteiger partial charge in [-0.2, -0.15) is 0 Å². The lowest BCUT2D eigenvalue weighted by molar-refractivity contribution is 0.0375. The molecule has 0 spiro atoms. The van der Waals surface area contributed by atoms with Crippen molar-refractivity contribution < 1.29 is 25.2 Å². The maximum absolute atomic E-state index is 11.8. The predicted octanol–water partition coefficient (Wildman–Crippen LogP) is -0.400. The Balaban J connectivity index is 2.90. The summed E-state index contributed by atoms with van der Waals surface area (Å²) in [5.74, 6) is -0.722. The van der Waals surface area contributed by atoms with Gasteiger partial charge in [-0.3, -0.25) is 4.79 Å². The summed E-state index contributed by atoms with van der Waals surface area (Å²) in [7, 11) is 0. The Labute approximate surface area is 112 Å². The van der Waals surface area contributed by atoms with Gasteiger partial charge in [0.1, 0.15) is 11.3 Å². The number of carbonyl (C=O) groups is 1. The van der Waals surface area contributed by atoms with Gasteiger partial charge in [0.25, 0.3) is 5.91 Å². The molecule has 0 aliphatic carbocycles. The lowest BCUT2D eigenvalue weighted by Crippen LogP contribution is -2.57. The average molecular weight is 320 g/mol. The van der Waals surface area contributed by atoms with Crippen LogP contribution < -0.4 is 5.32 Å². The number of benzene rings is 1. The summed E-state index contributed by atoms with van der Waals surface area (Å²) in [6, 6.07) is 4.18. The SMILES string of the molecule is O=C(NC(CO)(CO)CO)c1ccc(Br)c(O)c1. The number of aliphatic hydroxyl groups is 3. The van der Waals surface area contributed by atoms with Gasteiger partial charge in [-0.25, -0.2) is 0 Å². The van der Waals surface area contributed by atoms with Gasteiger partial charge in [0.15, 0.2) is 0 Å². The molecule has 0 unspecified atom stereocenters. The molecule has 0 saturated carbocycles. The molecular formula is C11H14BrNO5. The fraction of sp³-hybridized carbons (Fsp3) is 0.364. The van der Waals surface area contributed by atoms with Crippen LogP contribution in [-0.4, -0.2) is 51.7 Å². The second-order valence-electron chi connectivity index (χ2n) is 3.87. The third-order valence-electron chi connectivity index (χ3n) is 2.50. The number of rotatable bonds is 5. The minimum absolute atomic E-state index is 0.106. The van der Waals surface area contributed by atoms with E-state index < -0.39 is 31.3 Å². The van der Waals surface area contributed by atoms with Crippen LogP contribution in [0.5, 0.6) is 5.75 Å². The molecule has 7 heteroatoms. The van der Waals surface area contributed by atoms with Crippen molar-refractivity contribution in [3.63, 3.8) is 0 Å². The number of phenolic OH excluding ortho intramolecular Hbond substituents is 1. The first-order valence-electron chi connectivity index (χ1n) is 5.11. The molecule has 0 aromatic heterocycles. The number of carbonyl (C=O) groups excluding carboxylic acids is 1. The van der Waals surface area contributed by atoms with E-state index in [-0.39, 0.29) is 11.3 Å². The van der Waals surface area contributed by atoms with Crippen molar-refractivity contribution in [2.75, 3.05) is 19.8 Å². The lowest BCUT2D eigenvalue weighted by Gasteiger charge is -2.28. The highest BCUT2D eigenvalue weighted by atomic mass is 79.9. The summed E-state index contributed by atoms with van der Waals surface area (Å²) in [5, 5.41) is 39.0. The van der Waals surface area contributed by atoms with Gasteiger partial charge in [0, 0.05) is 5.56 Å². The van der Waals surface area contributed by atoms with Crippen LogP contribution in [0.4, 0.5) is 0 Å².